The number of nitrogens with zero attached hydrogens (tertiary/aromatic N) is 3. The maximum absolute atomic E-state index is 6.33. The largest absolute Gasteiger partial charge is 0.398 e. The number of aliphatic imine (C=N–C) groups is 1. The van der Waals surface area contributed by atoms with E-state index < -0.39 is 0 Å². The number of nitrogens with two attached hydrogens (primary N) is 1. The SMILES string of the molecule is C=C(N=C/C=C(\N)c1c(C2CC2)nn2ccccc12)NC(C)C. The maximum atomic E-state index is 6.33. The first-order chi connectivity index (χ1) is 11.1. The Bertz CT molecular complexity index is 778. The van der Waals surface area contributed by atoms with Gasteiger partial charge < -0.3 is 11.1 Å². The van der Waals surface area contributed by atoms with Gasteiger partial charge in [-0.2, -0.15) is 5.10 Å². The fourth-order valence-electron chi connectivity index (χ4n) is 2.62. The van der Waals surface area contributed by atoms with Crippen molar-refractivity contribution in [2.24, 2.45) is 10.7 Å². The molecule has 0 aliphatic heterocycles. The summed E-state index contributed by atoms with van der Waals surface area (Å²) in [6.45, 7) is 7.96. The Morgan fingerprint density at radius 3 is 2.96 bits per heavy atom. The predicted molar refractivity (Wildman–Crippen MR) is 95.2 cm³/mol. The topological polar surface area (TPSA) is 67.7 Å². The van der Waals surface area contributed by atoms with Crippen LogP contribution >= 0.6 is 0 Å². The fourth-order valence-corrected chi connectivity index (χ4v) is 2.62. The van der Waals surface area contributed by atoms with Crippen molar-refractivity contribution in [1.29, 1.82) is 0 Å². The molecule has 0 radical (unpaired) electrons. The number of hydrogen-bond acceptors (Lipinski definition) is 4. The molecule has 0 aromatic carbocycles. The molecule has 0 bridgehead atoms. The minimum atomic E-state index is 0.307. The molecule has 3 N–H and O–H groups in total. The summed E-state index contributed by atoms with van der Waals surface area (Å²) in [6.07, 6.45) is 7.85. The van der Waals surface area contributed by atoms with Gasteiger partial charge in [0, 0.05) is 35.6 Å². The van der Waals surface area contributed by atoms with Crippen molar-refractivity contribution in [3.05, 3.63) is 54.1 Å². The Kier molecular flexibility index (Phi) is 4.19. The minimum absolute atomic E-state index is 0.307. The van der Waals surface area contributed by atoms with Crippen LogP contribution in [-0.4, -0.2) is 21.9 Å². The van der Waals surface area contributed by atoms with E-state index in [4.69, 9.17) is 10.8 Å². The van der Waals surface area contributed by atoms with E-state index in [0.717, 1.165) is 16.8 Å². The molecule has 0 amide bonds. The molecule has 2 aromatic heterocycles. The highest BCUT2D eigenvalue weighted by molar-refractivity contribution is 5.89. The summed E-state index contributed by atoms with van der Waals surface area (Å²) in [7, 11) is 0. The van der Waals surface area contributed by atoms with E-state index >= 15 is 0 Å². The van der Waals surface area contributed by atoms with Crippen LogP contribution in [0.15, 0.2) is 47.9 Å². The lowest BCUT2D eigenvalue weighted by molar-refractivity contribution is 0.666. The maximum Gasteiger partial charge on any atom is 0.118 e. The molecule has 0 unspecified atom stereocenters. The molecule has 120 valence electrons. The van der Waals surface area contributed by atoms with Crippen LogP contribution in [0, 0.1) is 0 Å². The molecule has 0 saturated heterocycles. The van der Waals surface area contributed by atoms with Crippen LogP contribution in [0.4, 0.5) is 0 Å². The molecule has 5 heteroatoms. The highest BCUT2D eigenvalue weighted by atomic mass is 15.2. The van der Waals surface area contributed by atoms with Crippen molar-refractivity contribution >= 4 is 17.4 Å². The lowest BCUT2D eigenvalue weighted by atomic mass is 10.1. The molecule has 0 spiro atoms. The average Bonchev–Trinajstić information content (AvgIpc) is 3.26. The van der Waals surface area contributed by atoms with Gasteiger partial charge >= 0.3 is 0 Å². The Labute approximate surface area is 136 Å². The Morgan fingerprint density at radius 1 is 1.48 bits per heavy atom. The van der Waals surface area contributed by atoms with Crippen molar-refractivity contribution in [2.45, 2.75) is 38.6 Å². The number of pyridine rings is 1. The first-order valence-corrected chi connectivity index (χ1v) is 7.99. The molecule has 23 heavy (non-hydrogen) atoms. The van der Waals surface area contributed by atoms with Gasteiger partial charge in [-0.25, -0.2) is 9.51 Å². The summed E-state index contributed by atoms with van der Waals surface area (Å²) >= 11 is 0. The van der Waals surface area contributed by atoms with Crippen LogP contribution in [0.2, 0.25) is 0 Å². The molecule has 1 saturated carbocycles. The molecule has 1 aliphatic rings. The second-order valence-electron chi connectivity index (χ2n) is 6.21. The highest BCUT2D eigenvalue weighted by Crippen LogP contribution is 2.42. The predicted octanol–water partition coefficient (Wildman–Crippen LogP) is 3.05. The lowest BCUT2D eigenvalue weighted by Gasteiger charge is -2.07. The molecule has 1 aliphatic carbocycles. The van der Waals surface area contributed by atoms with Crippen LogP contribution in [0.25, 0.3) is 11.2 Å². The highest BCUT2D eigenvalue weighted by Gasteiger charge is 2.30. The lowest BCUT2D eigenvalue weighted by Crippen LogP contribution is -2.20. The van der Waals surface area contributed by atoms with Gasteiger partial charge in [-0.15, -0.1) is 0 Å². The first kappa shape index (κ1) is 15.3. The molecule has 3 rings (SSSR count). The Balaban J connectivity index is 1.89. The molecular weight excluding hydrogens is 286 g/mol. The molecule has 1 fully saturated rings. The van der Waals surface area contributed by atoms with Crippen molar-refractivity contribution in [2.75, 3.05) is 0 Å². The average molecular weight is 309 g/mol. The Hall–Kier alpha value is -2.56. The smallest absolute Gasteiger partial charge is 0.118 e. The standard InChI is InChI=1S/C18H23N5/c1-12(2)21-13(3)20-10-9-15(19)17-16-6-4-5-11-23(16)22-18(17)14-7-8-14/h4-6,9-12,14,21H,3,7-8,19H2,1-2H3/b15-9-,20-10?. The normalized spacial score (nSPS) is 15.7. The van der Waals surface area contributed by atoms with Gasteiger partial charge in [0.05, 0.1) is 11.2 Å². The molecule has 2 aromatic rings. The minimum Gasteiger partial charge on any atom is -0.398 e. The number of fused-ring (bicyclic) bond motifs is 1. The molecule has 0 atom stereocenters. The van der Waals surface area contributed by atoms with E-state index in [-0.39, 0.29) is 0 Å². The number of allylic oxidation sites excluding steroid dienone is 1. The third-order valence-electron chi connectivity index (χ3n) is 3.76. The fraction of sp³-hybridized carbons (Fsp3) is 0.333. The van der Waals surface area contributed by atoms with Crippen LogP contribution in [-0.2, 0) is 0 Å². The quantitative estimate of drug-likeness (QED) is 0.806. The van der Waals surface area contributed by atoms with Crippen molar-refractivity contribution in [3.8, 4) is 0 Å². The monoisotopic (exact) mass is 309 g/mol. The van der Waals surface area contributed by atoms with E-state index in [9.17, 15) is 0 Å². The van der Waals surface area contributed by atoms with Gasteiger partial charge in [0.25, 0.3) is 0 Å². The zero-order valence-corrected chi connectivity index (χ0v) is 13.7. The summed E-state index contributed by atoms with van der Waals surface area (Å²) in [5, 5.41) is 7.84. The van der Waals surface area contributed by atoms with E-state index in [1.807, 2.05) is 48.8 Å². The van der Waals surface area contributed by atoms with Crippen molar-refractivity contribution in [1.82, 2.24) is 14.9 Å². The van der Waals surface area contributed by atoms with E-state index in [1.54, 1.807) is 6.21 Å². The number of hydrogen-bond donors (Lipinski definition) is 2. The Morgan fingerprint density at radius 2 is 2.26 bits per heavy atom. The van der Waals surface area contributed by atoms with Crippen LogP contribution in [0.3, 0.4) is 0 Å². The molecular formula is C18H23N5. The van der Waals surface area contributed by atoms with Gasteiger partial charge in [-0.1, -0.05) is 12.6 Å². The zero-order chi connectivity index (χ0) is 16.4. The van der Waals surface area contributed by atoms with Gasteiger partial charge in [0.2, 0.25) is 0 Å². The molecule has 5 nitrogen and oxygen atoms in total. The van der Waals surface area contributed by atoms with Crippen molar-refractivity contribution < 1.29 is 0 Å². The van der Waals surface area contributed by atoms with Crippen LogP contribution < -0.4 is 11.1 Å². The zero-order valence-electron chi connectivity index (χ0n) is 13.7. The third-order valence-corrected chi connectivity index (χ3v) is 3.76. The van der Waals surface area contributed by atoms with E-state index in [2.05, 4.69) is 16.9 Å². The van der Waals surface area contributed by atoms with Crippen LogP contribution in [0.5, 0.6) is 0 Å². The van der Waals surface area contributed by atoms with Gasteiger partial charge in [-0.3, -0.25) is 0 Å². The number of aromatic nitrogens is 2. The van der Waals surface area contributed by atoms with Crippen LogP contribution in [0.1, 0.15) is 43.9 Å². The third kappa shape index (κ3) is 3.44. The summed E-state index contributed by atoms with van der Waals surface area (Å²) in [6, 6.07) is 6.34. The first-order valence-electron chi connectivity index (χ1n) is 7.99. The van der Waals surface area contributed by atoms with Gasteiger partial charge in [0.15, 0.2) is 0 Å². The van der Waals surface area contributed by atoms with Gasteiger partial charge in [0.1, 0.15) is 5.82 Å². The second kappa shape index (κ2) is 6.28. The summed E-state index contributed by atoms with van der Waals surface area (Å²) in [4.78, 5) is 4.27. The van der Waals surface area contributed by atoms with Crippen molar-refractivity contribution in [3.63, 3.8) is 0 Å². The summed E-state index contributed by atoms with van der Waals surface area (Å²) in [5.74, 6) is 1.16. The number of rotatable bonds is 6. The van der Waals surface area contributed by atoms with Gasteiger partial charge in [-0.05, 0) is 44.9 Å². The second-order valence-corrected chi connectivity index (χ2v) is 6.21. The summed E-state index contributed by atoms with van der Waals surface area (Å²) in [5.41, 5.74) is 10.2. The number of nitrogens with one attached hydrogen (secondary N) is 1. The summed E-state index contributed by atoms with van der Waals surface area (Å²) < 4.78 is 1.90. The molecule has 2 heterocycles. The van der Waals surface area contributed by atoms with E-state index in [0.29, 0.717) is 23.5 Å². The van der Waals surface area contributed by atoms with E-state index in [1.165, 1.54) is 12.8 Å².